The Bertz CT molecular complexity index is 1000. The Balaban J connectivity index is 1.74. The van der Waals surface area contributed by atoms with Crippen LogP contribution >= 0.6 is 0 Å². The molecule has 0 spiro atoms. The van der Waals surface area contributed by atoms with Gasteiger partial charge >= 0.3 is 0 Å². The molecule has 168 valence electrons. The van der Waals surface area contributed by atoms with Crippen LogP contribution in [0.2, 0.25) is 0 Å². The van der Waals surface area contributed by atoms with E-state index in [0.717, 1.165) is 5.75 Å². The number of ether oxygens (including phenoxy) is 2. The Kier molecular flexibility index (Phi) is 6.33. The fourth-order valence-electron chi connectivity index (χ4n) is 4.22. The van der Waals surface area contributed by atoms with E-state index in [4.69, 9.17) is 9.47 Å². The van der Waals surface area contributed by atoms with E-state index in [1.165, 1.54) is 4.90 Å². The minimum absolute atomic E-state index is 0.0343. The van der Waals surface area contributed by atoms with Gasteiger partial charge in [-0.05, 0) is 49.6 Å². The molecule has 2 atom stereocenters. The van der Waals surface area contributed by atoms with Crippen LogP contribution in [0, 0.1) is 5.92 Å². The molecule has 32 heavy (non-hydrogen) atoms. The van der Waals surface area contributed by atoms with E-state index in [-0.39, 0.29) is 24.0 Å². The molecule has 2 heterocycles. The summed E-state index contributed by atoms with van der Waals surface area (Å²) in [4.78, 5) is 30.5. The zero-order chi connectivity index (χ0) is 22.8. The minimum Gasteiger partial charge on any atom is -0.493 e. The molecule has 2 aromatic carbocycles. The number of imide groups is 1. The Morgan fingerprint density at radius 2 is 1.56 bits per heavy atom. The molecule has 6 nitrogen and oxygen atoms in total. The van der Waals surface area contributed by atoms with Gasteiger partial charge in [-0.2, -0.15) is 0 Å². The average molecular weight is 435 g/mol. The summed E-state index contributed by atoms with van der Waals surface area (Å²) in [6.07, 6.45) is -0.0685. The van der Waals surface area contributed by atoms with Crippen molar-refractivity contribution in [2.75, 3.05) is 24.6 Å². The normalized spacial score (nSPS) is 21.7. The predicted molar refractivity (Wildman–Crippen MR) is 124 cm³/mol. The van der Waals surface area contributed by atoms with Crippen molar-refractivity contribution in [2.24, 2.45) is 5.92 Å². The molecule has 2 aliphatic rings. The van der Waals surface area contributed by atoms with Crippen molar-refractivity contribution in [3.8, 4) is 5.75 Å². The van der Waals surface area contributed by atoms with Gasteiger partial charge in [-0.1, -0.05) is 44.2 Å². The summed E-state index contributed by atoms with van der Waals surface area (Å²) in [6, 6.07) is 16.5. The van der Waals surface area contributed by atoms with Crippen LogP contribution in [0.15, 0.2) is 60.3 Å². The topological polar surface area (TPSA) is 59.1 Å². The van der Waals surface area contributed by atoms with Crippen LogP contribution < -0.4 is 9.64 Å². The van der Waals surface area contributed by atoms with Gasteiger partial charge in [-0.25, -0.2) is 4.90 Å². The molecule has 0 radical (unpaired) electrons. The Morgan fingerprint density at radius 3 is 2.16 bits per heavy atom. The number of rotatable bonds is 6. The fraction of sp³-hybridized carbons (Fsp3) is 0.385. The lowest BCUT2D eigenvalue weighted by molar-refractivity contribution is -0.121. The van der Waals surface area contributed by atoms with Crippen LogP contribution in [-0.2, 0) is 14.3 Å². The molecule has 2 amide bonds. The lowest BCUT2D eigenvalue weighted by Gasteiger charge is -2.37. The van der Waals surface area contributed by atoms with Gasteiger partial charge < -0.3 is 14.4 Å². The van der Waals surface area contributed by atoms with Crippen LogP contribution in [0.3, 0.4) is 0 Å². The van der Waals surface area contributed by atoms with Gasteiger partial charge in [0.2, 0.25) is 0 Å². The highest BCUT2D eigenvalue weighted by Gasteiger charge is 2.43. The van der Waals surface area contributed by atoms with Crippen LogP contribution in [-0.4, -0.2) is 48.6 Å². The molecular weight excluding hydrogens is 404 g/mol. The summed E-state index contributed by atoms with van der Waals surface area (Å²) >= 11 is 0. The van der Waals surface area contributed by atoms with Crippen LogP contribution in [0.25, 0.3) is 5.57 Å². The van der Waals surface area contributed by atoms with Crippen LogP contribution in [0.5, 0.6) is 5.75 Å². The largest absolute Gasteiger partial charge is 0.493 e. The first-order chi connectivity index (χ1) is 15.3. The van der Waals surface area contributed by atoms with Crippen molar-refractivity contribution < 1.29 is 19.1 Å². The van der Waals surface area contributed by atoms with Crippen LogP contribution in [0.4, 0.5) is 5.69 Å². The zero-order valence-corrected chi connectivity index (χ0v) is 19.1. The van der Waals surface area contributed by atoms with Gasteiger partial charge in [-0.3, -0.25) is 9.59 Å². The number of amides is 2. The molecule has 1 fully saturated rings. The Labute approximate surface area is 189 Å². The second kappa shape index (κ2) is 9.17. The van der Waals surface area contributed by atoms with E-state index < -0.39 is 0 Å². The monoisotopic (exact) mass is 434 g/mol. The maximum Gasteiger partial charge on any atom is 0.282 e. The molecule has 0 aliphatic carbocycles. The molecule has 0 bridgehead atoms. The molecule has 4 rings (SSSR count). The highest BCUT2D eigenvalue weighted by atomic mass is 16.5. The number of carbonyl (C=O) groups is 2. The molecule has 0 saturated carbocycles. The van der Waals surface area contributed by atoms with Crippen molar-refractivity contribution in [2.45, 2.75) is 39.9 Å². The second-order valence-corrected chi connectivity index (χ2v) is 8.90. The zero-order valence-electron chi connectivity index (χ0n) is 19.1. The van der Waals surface area contributed by atoms with Crippen molar-refractivity contribution in [3.05, 3.63) is 65.9 Å². The summed E-state index contributed by atoms with van der Waals surface area (Å²) in [5.74, 6) is 0.564. The number of morpholine rings is 1. The van der Waals surface area contributed by atoms with Gasteiger partial charge in [-0.15, -0.1) is 0 Å². The first-order valence-electron chi connectivity index (χ1n) is 11.2. The van der Waals surface area contributed by atoms with Gasteiger partial charge in [0.15, 0.2) is 0 Å². The first-order valence-corrected chi connectivity index (χ1v) is 11.2. The van der Waals surface area contributed by atoms with Gasteiger partial charge in [0, 0.05) is 13.1 Å². The number of nitrogens with zero attached hydrogens (tertiary/aromatic N) is 2. The minimum atomic E-state index is -0.307. The quantitative estimate of drug-likeness (QED) is 0.641. The summed E-state index contributed by atoms with van der Waals surface area (Å²) in [6.45, 7) is 9.89. The number of anilines is 1. The number of benzene rings is 2. The molecule has 2 unspecified atom stereocenters. The van der Waals surface area contributed by atoms with E-state index in [9.17, 15) is 9.59 Å². The van der Waals surface area contributed by atoms with Crippen molar-refractivity contribution >= 4 is 23.1 Å². The number of carbonyl (C=O) groups excluding carboxylic acids is 2. The molecule has 0 N–H and O–H groups in total. The smallest absolute Gasteiger partial charge is 0.282 e. The fourth-order valence-corrected chi connectivity index (χ4v) is 4.22. The van der Waals surface area contributed by atoms with Gasteiger partial charge in [0.05, 0.1) is 30.1 Å². The van der Waals surface area contributed by atoms with Crippen molar-refractivity contribution in [1.82, 2.24) is 4.90 Å². The van der Waals surface area contributed by atoms with E-state index >= 15 is 0 Å². The molecular formula is C26H30N2O4. The summed E-state index contributed by atoms with van der Waals surface area (Å²) < 4.78 is 11.7. The third-order valence-corrected chi connectivity index (χ3v) is 5.54. The number of hydrogen-bond acceptors (Lipinski definition) is 5. The van der Waals surface area contributed by atoms with Gasteiger partial charge in [0.25, 0.3) is 11.8 Å². The molecule has 2 aliphatic heterocycles. The first kappa shape index (κ1) is 22.1. The highest BCUT2D eigenvalue weighted by Crippen LogP contribution is 2.36. The van der Waals surface area contributed by atoms with Gasteiger partial charge in [0.1, 0.15) is 11.4 Å². The summed E-state index contributed by atoms with van der Waals surface area (Å²) in [5, 5.41) is 0. The molecule has 6 heteroatoms. The maximum atomic E-state index is 13.6. The standard InChI is InChI=1S/C26H30N2O4/c1-17(2)16-31-22-12-10-20(11-13-22)23-24(27-14-18(3)32-19(4)15-27)26(30)28(25(23)29)21-8-6-5-7-9-21/h5-13,17-19H,14-16H2,1-4H3. The molecule has 0 aromatic heterocycles. The van der Waals surface area contributed by atoms with E-state index in [1.807, 2.05) is 61.2 Å². The summed E-state index contributed by atoms with van der Waals surface area (Å²) in [7, 11) is 0. The van der Waals surface area contributed by atoms with Crippen molar-refractivity contribution in [1.29, 1.82) is 0 Å². The van der Waals surface area contributed by atoms with Crippen molar-refractivity contribution in [3.63, 3.8) is 0 Å². The number of hydrogen-bond donors (Lipinski definition) is 0. The lowest BCUT2D eigenvalue weighted by Crippen LogP contribution is -2.47. The van der Waals surface area contributed by atoms with E-state index in [0.29, 0.717) is 48.1 Å². The van der Waals surface area contributed by atoms with Crippen LogP contribution in [0.1, 0.15) is 33.3 Å². The third kappa shape index (κ3) is 4.41. The average Bonchev–Trinajstić information content (AvgIpc) is 3.02. The SMILES string of the molecule is CC(C)COc1ccc(C2=C(N3CC(C)OC(C)C3)C(=O)N(c3ccccc3)C2=O)cc1. The maximum absolute atomic E-state index is 13.6. The van der Waals surface area contributed by atoms with E-state index in [1.54, 1.807) is 12.1 Å². The highest BCUT2D eigenvalue weighted by molar-refractivity contribution is 6.45. The third-order valence-electron chi connectivity index (χ3n) is 5.54. The lowest BCUT2D eigenvalue weighted by atomic mass is 10.0. The summed E-state index contributed by atoms with van der Waals surface area (Å²) in [5.41, 5.74) is 2.15. The molecule has 1 saturated heterocycles. The predicted octanol–water partition coefficient (Wildman–Crippen LogP) is 4.12. The second-order valence-electron chi connectivity index (χ2n) is 8.90. The Morgan fingerprint density at radius 1 is 0.938 bits per heavy atom. The van der Waals surface area contributed by atoms with E-state index in [2.05, 4.69) is 13.8 Å². The molecule has 2 aromatic rings. The number of para-hydroxylation sites is 1. The Hall–Kier alpha value is -3.12.